The second kappa shape index (κ2) is 16.5. The number of carbonyl (C=O) groups is 5. The monoisotopic (exact) mass is 856 g/mol. The van der Waals surface area contributed by atoms with E-state index in [0.717, 1.165) is 57.9 Å². The molecule has 3 amide bonds. The van der Waals surface area contributed by atoms with Gasteiger partial charge >= 0.3 is 10.2 Å². The van der Waals surface area contributed by atoms with Gasteiger partial charge in [-0.05, 0) is 113 Å². The molecule has 2 spiro atoms. The summed E-state index contributed by atoms with van der Waals surface area (Å²) in [6, 6.07) is -1.72. The lowest BCUT2D eigenvalue weighted by Crippen LogP contribution is -2.57. The normalized spacial score (nSPS) is 32.7. The molecule has 7 rings (SSSR count). The topological polar surface area (TPSA) is 162 Å². The fourth-order valence-corrected chi connectivity index (χ4v) is 14.2. The van der Waals surface area contributed by atoms with E-state index in [9.17, 15) is 27.6 Å². The standard InChI is InChI=1S/C46H73N5O8S/c1-9-32-26-44(32,41(56)48-60(57,58)49-20-12-13-21-49)28-37(53)35-27-46(43(7,8)45(46)18-14-19-45)29-51(35)40(55)33(42(4,5)6)25-36(52)38(31-16-23-59-24-17-31)47-39(54)34-15-10-11-22-50(34)30(2)3/h9,30-35,38H,1,10-29H2,2-8H3,(H,47,54)(H,48,56)/t32-,33-,34+,35+,38+,44-,46-/m1/s1. The van der Waals surface area contributed by atoms with E-state index in [-0.39, 0.29) is 76.4 Å². The van der Waals surface area contributed by atoms with Crippen LogP contribution in [0.4, 0.5) is 0 Å². The van der Waals surface area contributed by atoms with Gasteiger partial charge in [-0.1, -0.05) is 53.5 Å². The number of fused-ring (bicyclic) bond motifs is 1. The van der Waals surface area contributed by atoms with Crippen molar-refractivity contribution in [1.82, 2.24) is 24.1 Å². The zero-order valence-electron chi connectivity index (χ0n) is 37.5. The van der Waals surface area contributed by atoms with Crippen molar-refractivity contribution in [1.29, 1.82) is 0 Å². The van der Waals surface area contributed by atoms with E-state index < -0.39 is 44.9 Å². The molecule has 0 bridgehead atoms. The van der Waals surface area contributed by atoms with Gasteiger partial charge in [-0.25, -0.2) is 4.72 Å². The van der Waals surface area contributed by atoms with Gasteiger partial charge in [-0.2, -0.15) is 12.7 Å². The van der Waals surface area contributed by atoms with Crippen LogP contribution in [-0.4, -0.2) is 115 Å². The molecule has 4 heterocycles. The summed E-state index contributed by atoms with van der Waals surface area (Å²) in [5, 5.41) is 3.22. The molecule has 13 nitrogen and oxygen atoms in total. The first-order valence-electron chi connectivity index (χ1n) is 23.1. The first kappa shape index (κ1) is 45.3. The number of amides is 3. The summed E-state index contributed by atoms with van der Waals surface area (Å²) >= 11 is 0. The molecule has 2 N–H and O–H groups in total. The van der Waals surface area contributed by atoms with Crippen LogP contribution in [0.3, 0.4) is 0 Å². The molecule has 3 saturated carbocycles. The van der Waals surface area contributed by atoms with E-state index in [1.54, 1.807) is 11.0 Å². The van der Waals surface area contributed by atoms with Gasteiger partial charge in [0, 0.05) is 63.1 Å². The lowest BCUT2D eigenvalue weighted by molar-refractivity contribution is -0.147. The van der Waals surface area contributed by atoms with Gasteiger partial charge in [0.15, 0.2) is 11.6 Å². The van der Waals surface area contributed by atoms with E-state index in [4.69, 9.17) is 4.74 Å². The molecule has 0 radical (unpaired) electrons. The Labute approximate surface area is 359 Å². The Balaban J connectivity index is 1.15. The minimum absolute atomic E-state index is 0.0180. The molecule has 60 heavy (non-hydrogen) atoms. The molecule has 7 fully saturated rings. The van der Waals surface area contributed by atoms with Gasteiger partial charge in [0.05, 0.1) is 23.5 Å². The maximum absolute atomic E-state index is 15.4. The van der Waals surface area contributed by atoms with Crippen LogP contribution in [0, 0.1) is 44.8 Å². The predicted octanol–water partition coefficient (Wildman–Crippen LogP) is 5.19. The lowest BCUT2D eigenvalue weighted by Gasteiger charge is -2.40. The van der Waals surface area contributed by atoms with Crippen LogP contribution >= 0.6 is 0 Å². The number of likely N-dealkylation sites (tertiary alicyclic amines) is 2. The zero-order chi connectivity index (χ0) is 43.6. The van der Waals surface area contributed by atoms with Crippen molar-refractivity contribution in [2.45, 2.75) is 163 Å². The number of nitrogens with one attached hydrogen (secondary N) is 2. The summed E-state index contributed by atoms with van der Waals surface area (Å²) in [5.74, 6) is -2.76. The summed E-state index contributed by atoms with van der Waals surface area (Å²) in [6.45, 7) is 21.4. The largest absolute Gasteiger partial charge is 0.381 e. The number of allylic oxidation sites excluding steroid dienone is 1. The van der Waals surface area contributed by atoms with Crippen molar-refractivity contribution in [3.63, 3.8) is 0 Å². The van der Waals surface area contributed by atoms with E-state index in [1.807, 2.05) is 20.8 Å². The van der Waals surface area contributed by atoms with Crippen LogP contribution in [0.15, 0.2) is 12.7 Å². The van der Waals surface area contributed by atoms with Gasteiger partial charge < -0.3 is 15.0 Å². The van der Waals surface area contributed by atoms with Crippen LogP contribution in [0.5, 0.6) is 0 Å². The SMILES string of the molecule is C=C[C@@H]1C[C@]1(CC(=O)[C@@H]1C[C@@]2(CN1C(=O)[C@@H](CC(=O)[C@@H](NC(=O)[C@@H]1CCCCN1C(C)C)C1CCOCC1)C(C)(C)C)C(C)(C)C21CCC1)C(=O)NS(=O)(=O)N1CCCC1. The van der Waals surface area contributed by atoms with Crippen LogP contribution in [-0.2, 0) is 38.9 Å². The minimum Gasteiger partial charge on any atom is -0.381 e. The summed E-state index contributed by atoms with van der Waals surface area (Å²) in [5.41, 5.74) is -2.30. The number of rotatable bonds is 15. The Morgan fingerprint density at radius 1 is 0.883 bits per heavy atom. The molecule has 0 aromatic heterocycles. The van der Waals surface area contributed by atoms with Crippen molar-refractivity contribution in [3.8, 4) is 0 Å². The molecule has 0 unspecified atom stereocenters. The highest BCUT2D eigenvalue weighted by Crippen LogP contribution is 2.88. The number of piperidine rings is 1. The fraction of sp³-hybridized carbons (Fsp3) is 0.848. The number of hydrogen-bond donors (Lipinski definition) is 2. The number of hydrogen-bond acceptors (Lipinski definition) is 9. The second-order valence-corrected chi connectivity index (χ2v) is 23.3. The predicted molar refractivity (Wildman–Crippen MR) is 228 cm³/mol. The van der Waals surface area contributed by atoms with Gasteiger partial charge in [0.2, 0.25) is 17.7 Å². The van der Waals surface area contributed by atoms with Crippen molar-refractivity contribution in [2.24, 2.45) is 44.8 Å². The molecular formula is C46H73N5O8S. The number of ketones is 2. The summed E-state index contributed by atoms with van der Waals surface area (Å²) < 4.78 is 35.7. The van der Waals surface area contributed by atoms with Gasteiger partial charge in [0.1, 0.15) is 0 Å². The molecule has 0 aromatic rings. The van der Waals surface area contributed by atoms with E-state index in [0.29, 0.717) is 58.5 Å². The minimum atomic E-state index is -4.07. The molecule has 14 heteroatoms. The smallest absolute Gasteiger partial charge is 0.303 e. The average Bonchev–Trinajstić information content (AvgIpc) is 3.63. The third kappa shape index (κ3) is 7.73. The first-order valence-corrected chi connectivity index (χ1v) is 24.5. The van der Waals surface area contributed by atoms with Crippen molar-refractivity contribution < 1.29 is 37.1 Å². The van der Waals surface area contributed by atoms with Gasteiger partial charge in [0.25, 0.3) is 0 Å². The Kier molecular flexibility index (Phi) is 12.4. The van der Waals surface area contributed by atoms with Crippen molar-refractivity contribution in [2.75, 3.05) is 39.4 Å². The quantitative estimate of drug-likeness (QED) is 0.211. The van der Waals surface area contributed by atoms with Crippen LogP contribution in [0.1, 0.15) is 138 Å². The van der Waals surface area contributed by atoms with E-state index >= 15 is 4.79 Å². The number of Topliss-reactive ketones (excluding diaryl/α,β-unsaturated/α-hetero) is 2. The van der Waals surface area contributed by atoms with Crippen LogP contribution < -0.4 is 10.0 Å². The molecule has 4 saturated heterocycles. The van der Waals surface area contributed by atoms with Crippen molar-refractivity contribution >= 4 is 39.5 Å². The Bertz CT molecular complexity index is 1830. The van der Waals surface area contributed by atoms with Gasteiger partial charge in [-0.15, -0.1) is 6.58 Å². The summed E-state index contributed by atoms with van der Waals surface area (Å²) in [6.07, 6.45) is 10.7. The van der Waals surface area contributed by atoms with Gasteiger partial charge in [-0.3, -0.25) is 28.9 Å². The highest BCUT2D eigenvalue weighted by atomic mass is 32.2. The lowest BCUT2D eigenvalue weighted by atomic mass is 9.73. The number of ether oxygens (including phenoxy) is 1. The van der Waals surface area contributed by atoms with Crippen molar-refractivity contribution in [3.05, 3.63) is 12.7 Å². The third-order valence-corrected chi connectivity index (χ3v) is 18.6. The van der Waals surface area contributed by atoms with Crippen LogP contribution in [0.2, 0.25) is 0 Å². The molecule has 7 atom stereocenters. The number of nitrogens with zero attached hydrogens (tertiary/aromatic N) is 3. The maximum atomic E-state index is 15.4. The second-order valence-electron chi connectivity index (χ2n) is 21.6. The summed E-state index contributed by atoms with van der Waals surface area (Å²) in [4.78, 5) is 77.1. The Hall–Kier alpha value is -2.68. The first-order chi connectivity index (χ1) is 28.2. The molecule has 7 aliphatic rings. The zero-order valence-corrected chi connectivity index (χ0v) is 38.3. The molecule has 3 aliphatic carbocycles. The fourth-order valence-electron chi connectivity index (χ4n) is 12.9. The average molecular weight is 856 g/mol. The van der Waals surface area contributed by atoms with Crippen LogP contribution in [0.25, 0.3) is 0 Å². The van der Waals surface area contributed by atoms with E-state index in [1.165, 1.54) is 4.31 Å². The maximum Gasteiger partial charge on any atom is 0.303 e. The van der Waals surface area contributed by atoms with E-state index in [2.05, 4.69) is 49.2 Å². The summed E-state index contributed by atoms with van der Waals surface area (Å²) in [7, 11) is -4.07. The molecular weight excluding hydrogens is 783 g/mol. The molecule has 0 aromatic carbocycles. The Morgan fingerprint density at radius 2 is 1.53 bits per heavy atom. The molecule has 4 aliphatic heterocycles. The number of carbonyl (C=O) groups excluding carboxylic acids is 5. The highest BCUT2D eigenvalue weighted by Gasteiger charge is 2.85. The third-order valence-electron chi connectivity index (χ3n) is 17.1. The highest BCUT2D eigenvalue weighted by molar-refractivity contribution is 7.87. The molecule has 336 valence electrons. The Morgan fingerprint density at radius 3 is 2.08 bits per heavy atom.